The number of aromatic hydroxyl groups is 1. The van der Waals surface area contributed by atoms with Crippen LogP contribution in [0.15, 0.2) is 29.0 Å². The first kappa shape index (κ1) is 24.9. The summed E-state index contributed by atoms with van der Waals surface area (Å²) in [6.45, 7) is 3.34. The largest absolute Gasteiger partial charge is 0.508 e. The Morgan fingerprint density at radius 1 is 1.17 bits per heavy atom. The van der Waals surface area contributed by atoms with Crippen LogP contribution in [0.25, 0.3) is 5.76 Å². The lowest BCUT2D eigenvalue weighted by atomic mass is 9.57. The van der Waals surface area contributed by atoms with Crippen molar-refractivity contribution in [2.45, 2.75) is 38.0 Å². The molecule has 35 heavy (non-hydrogen) atoms. The molecule has 1 fully saturated rings. The van der Waals surface area contributed by atoms with E-state index in [4.69, 9.17) is 5.73 Å². The van der Waals surface area contributed by atoms with Crippen LogP contribution in [0.1, 0.15) is 30.0 Å². The van der Waals surface area contributed by atoms with Crippen molar-refractivity contribution in [2.24, 2.45) is 17.6 Å². The summed E-state index contributed by atoms with van der Waals surface area (Å²) in [5.41, 5.74) is 3.42. The van der Waals surface area contributed by atoms with Crippen molar-refractivity contribution in [3.8, 4) is 5.75 Å². The lowest BCUT2D eigenvalue weighted by Gasteiger charge is -2.50. The Labute approximate surface area is 202 Å². The molecule has 0 aromatic heterocycles. The van der Waals surface area contributed by atoms with Crippen molar-refractivity contribution in [1.29, 1.82) is 0 Å². The molecule has 10 heteroatoms. The number of carbonyl (C=O) groups excluding carboxylic acids is 3. The molecule has 0 spiro atoms. The van der Waals surface area contributed by atoms with Gasteiger partial charge < -0.3 is 31.1 Å². The Morgan fingerprint density at radius 3 is 2.40 bits per heavy atom. The van der Waals surface area contributed by atoms with Gasteiger partial charge in [0.25, 0.3) is 5.91 Å². The summed E-state index contributed by atoms with van der Waals surface area (Å²) in [7, 11) is 5.09. The van der Waals surface area contributed by atoms with E-state index in [-0.39, 0.29) is 29.7 Å². The van der Waals surface area contributed by atoms with Gasteiger partial charge >= 0.3 is 0 Å². The Balaban J connectivity index is 1.94. The van der Waals surface area contributed by atoms with E-state index in [1.165, 1.54) is 11.0 Å². The second-order valence-electron chi connectivity index (χ2n) is 9.89. The molecule has 4 rings (SSSR count). The number of ketones is 2. The Morgan fingerprint density at radius 2 is 1.83 bits per heavy atom. The van der Waals surface area contributed by atoms with Crippen LogP contribution in [0, 0.1) is 11.8 Å². The highest BCUT2D eigenvalue weighted by Crippen LogP contribution is 2.52. The number of benzene rings is 1. The summed E-state index contributed by atoms with van der Waals surface area (Å²) in [5.74, 6) is -6.46. The number of phenols is 1. The molecule has 3 aliphatic rings. The number of aliphatic hydroxyl groups excluding tert-OH is 2. The standard InChI is InChI=1S/C25H31N3O7/c1-5-28(4)10-11-6-7-15(29)17-13(11)8-12-9-14-19(27(2)3)21(31)18(24(26)34)23(33)25(14,35)22(32)16(12)20(17)30/h6-7,12,14,19,29-30,33,35H,5,8-10H2,1-4H3,(H2,26,34)/t12?,14?,19-,25-/m0/s1. The lowest BCUT2D eigenvalue weighted by molar-refractivity contribution is -0.153. The van der Waals surface area contributed by atoms with Gasteiger partial charge in [0.1, 0.15) is 22.8 Å². The van der Waals surface area contributed by atoms with E-state index in [0.29, 0.717) is 12.1 Å². The SMILES string of the molecule is CCN(C)Cc1ccc(O)c2c1CC1CC3[C@H](N(C)C)C(=O)C(C(N)=O)=C(O)[C@@]3(O)C(=O)C1=C2O. The smallest absolute Gasteiger partial charge is 0.255 e. The first-order valence-electron chi connectivity index (χ1n) is 11.5. The molecule has 4 atom stereocenters. The molecule has 0 heterocycles. The highest BCUT2D eigenvalue weighted by molar-refractivity contribution is 6.24. The summed E-state index contributed by atoms with van der Waals surface area (Å²) < 4.78 is 0. The molecular formula is C25H31N3O7. The van der Waals surface area contributed by atoms with Gasteiger partial charge in [0.15, 0.2) is 11.4 Å². The van der Waals surface area contributed by atoms with Crippen LogP contribution in [0.2, 0.25) is 0 Å². The molecule has 3 aliphatic carbocycles. The number of hydrogen-bond donors (Lipinski definition) is 5. The van der Waals surface area contributed by atoms with E-state index in [9.17, 15) is 34.8 Å². The number of amides is 1. The van der Waals surface area contributed by atoms with Crippen molar-refractivity contribution < 1.29 is 34.8 Å². The minimum absolute atomic E-state index is 0.0739. The average Bonchev–Trinajstić information content (AvgIpc) is 2.77. The quantitative estimate of drug-likeness (QED) is 0.372. The number of likely N-dealkylation sites (N-methyl/N-ethyl adjacent to an activating group) is 1. The van der Waals surface area contributed by atoms with Crippen molar-refractivity contribution in [3.05, 3.63) is 45.7 Å². The molecule has 188 valence electrons. The fraction of sp³-hybridized carbons (Fsp3) is 0.480. The number of nitrogens with two attached hydrogens (primary N) is 1. The van der Waals surface area contributed by atoms with E-state index < -0.39 is 58.0 Å². The zero-order chi connectivity index (χ0) is 26.0. The number of nitrogens with zero attached hydrogens (tertiary/aromatic N) is 2. The average molecular weight is 486 g/mol. The molecule has 1 aromatic carbocycles. The molecule has 0 radical (unpaired) electrons. The van der Waals surface area contributed by atoms with Crippen LogP contribution < -0.4 is 5.73 Å². The number of rotatable bonds is 5. The summed E-state index contributed by atoms with van der Waals surface area (Å²) in [5, 5.41) is 44.2. The van der Waals surface area contributed by atoms with Crippen LogP contribution in [0.5, 0.6) is 5.75 Å². The molecule has 0 saturated heterocycles. The Bertz CT molecular complexity index is 1200. The van der Waals surface area contributed by atoms with Gasteiger partial charge in [0, 0.05) is 18.0 Å². The molecule has 0 aliphatic heterocycles. The van der Waals surface area contributed by atoms with Gasteiger partial charge in [-0.1, -0.05) is 13.0 Å². The number of primary amides is 1. The number of aliphatic hydroxyl groups is 3. The van der Waals surface area contributed by atoms with Gasteiger partial charge in [-0.2, -0.15) is 0 Å². The summed E-state index contributed by atoms with van der Waals surface area (Å²) in [6, 6.07) is 2.13. The first-order valence-corrected chi connectivity index (χ1v) is 11.5. The maximum atomic E-state index is 13.8. The Kier molecular flexibility index (Phi) is 6.03. The van der Waals surface area contributed by atoms with Crippen LogP contribution in [-0.4, -0.2) is 87.0 Å². The number of Topliss-reactive ketones (excluding diaryl/α,β-unsaturated/α-hetero) is 2. The number of phenolic OH excluding ortho intramolecular Hbond substituents is 1. The molecular weight excluding hydrogens is 454 g/mol. The second kappa shape index (κ2) is 8.47. The maximum Gasteiger partial charge on any atom is 0.255 e. The van der Waals surface area contributed by atoms with Gasteiger partial charge in [-0.15, -0.1) is 0 Å². The van der Waals surface area contributed by atoms with Crippen LogP contribution in [-0.2, 0) is 27.3 Å². The van der Waals surface area contributed by atoms with Gasteiger partial charge in [-0.25, -0.2) is 0 Å². The molecule has 1 aromatic rings. The zero-order valence-corrected chi connectivity index (χ0v) is 20.2. The monoisotopic (exact) mass is 485 g/mol. The molecule has 2 unspecified atom stereocenters. The van der Waals surface area contributed by atoms with Crippen molar-refractivity contribution in [3.63, 3.8) is 0 Å². The fourth-order valence-electron chi connectivity index (χ4n) is 5.86. The maximum absolute atomic E-state index is 13.8. The fourth-order valence-corrected chi connectivity index (χ4v) is 5.86. The highest BCUT2D eigenvalue weighted by Gasteiger charge is 2.64. The van der Waals surface area contributed by atoms with Crippen molar-refractivity contribution >= 4 is 23.2 Å². The second-order valence-corrected chi connectivity index (χ2v) is 9.89. The molecule has 10 nitrogen and oxygen atoms in total. The zero-order valence-electron chi connectivity index (χ0n) is 20.2. The first-order chi connectivity index (χ1) is 16.4. The predicted molar refractivity (Wildman–Crippen MR) is 126 cm³/mol. The van der Waals surface area contributed by atoms with Crippen LogP contribution in [0.3, 0.4) is 0 Å². The minimum atomic E-state index is -2.62. The number of hydrogen-bond acceptors (Lipinski definition) is 9. The lowest BCUT2D eigenvalue weighted by Crippen LogP contribution is -2.65. The molecule has 6 N–H and O–H groups in total. The van der Waals surface area contributed by atoms with Crippen molar-refractivity contribution in [1.82, 2.24) is 9.80 Å². The summed E-state index contributed by atoms with van der Waals surface area (Å²) in [4.78, 5) is 42.5. The van der Waals surface area contributed by atoms with Gasteiger partial charge in [0.2, 0.25) is 5.78 Å². The van der Waals surface area contributed by atoms with E-state index in [1.807, 2.05) is 14.0 Å². The summed E-state index contributed by atoms with van der Waals surface area (Å²) in [6.07, 6.45) is 0.361. The van der Waals surface area contributed by atoms with E-state index in [1.54, 1.807) is 20.2 Å². The number of fused-ring (bicyclic) bond motifs is 3. The third-order valence-corrected chi connectivity index (χ3v) is 7.68. The molecule has 1 saturated carbocycles. The third kappa shape index (κ3) is 3.47. The van der Waals surface area contributed by atoms with E-state index >= 15 is 0 Å². The minimum Gasteiger partial charge on any atom is -0.508 e. The summed E-state index contributed by atoms with van der Waals surface area (Å²) >= 11 is 0. The number of carbonyl (C=O) groups is 3. The Hall–Kier alpha value is -3.21. The topological polar surface area (TPSA) is 165 Å². The van der Waals surface area contributed by atoms with Crippen LogP contribution >= 0.6 is 0 Å². The predicted octanol–water partition coefficient (Wildman–Crippen LogP) is 0.416. The van der Waals surface area contributed by atoms with Crippen LogP contribution in [0.4, 0.5) is 0 Å². The van der Waals surface area contributed by atoms with Gasteiger partial charge in [0.05, 0.1) is 11.6 Å². The molecule has 1 amide bonds. The van der Waals surface area contributed by atoms with Gasteiger partial charge in [-0.3, -0.25) is 19.3 Å². The highest BCUT2D eigenvalue weighted by atomic mass is 16.3. The normalized spacial score (nSPS) is 28.4. The van der Waals surface area contributed by atoms with Gasteiger partial charge in [-0.05, 0) is 63.6 Å². The van der Waals surface area contributed by atoms with Crippen molar-refractivity contribution in [2.75, 3.05) is 27.7 Å². The van der Waals surface area contributed by atoms with E-state index in [2.05, 4.69) is 4.90 Å². The molecule has 0 bridgehead atoms. The third-order valence-electron chi connectivity index (χ3n) is 7.68. The van der Waals surface area contributed by atoms with E-state index in [0.717, 1.165) is 12.1 Å².